The van der Waals surface area contributed by atoms with Gasteiger partial charge < -0.3 is 15.0 Å². The summed E-state index contributed by atoms with van der Waals surface area (Å²) in [5, 5.41) is 4.04. The van der Waals surface area contributed by atoms with Crippen molar-refractivity contribution in [3.05, 3.63) is 11.7 Å². The van der Waals surface area contributed by atoms with Gasteiger partial charge in [0, 0.05) is 13.2 Å². The fraction of sp³-hybridized carbons (Fsp3) is 0.846. The standard InChI is InChI=1S/C13H25N3O2/c1-6-17-11(9(4)5)12-15-13(18-16-12)10(7-14)8(2)3/h8-11H,6-7,14H2,1-5H3. The normalized spacial score (nSPS) is 15.3. The third-order valence-electron chi connectivity index (χ3n) is 3.04. The van der Waals surface area contributed by atoms with Gasteiger partial charge in [0.25, 0.3) is 0 Å². The largest absolute Gasteiger partial charge is 0.370 e. The second-order valence-electron chi connectivity index (χ2n) is 5.20. The van der Waals surface area contributed by atoms with E-state index in [2.05, 4.69) is 37.8 Å². The lowest BCUT2D eigenvalue weighted by Crippen LogP contribution is -2.18. The quantitative estimate of drug-likeness (QED) is 0.810. The van der Waals surface area contributed by atoms with Gasteiger partial charge in [-0.3, -0.25) is 0 Å². The molecule has 18 heavy (non-hydrogen) atoms. The highest BCUT2D eigenvalue weighted by Gasteiger charge is 2.26. The van der Waals surface area contributed by atoms with Gasteiger partial charge in [-0.2, -0.15) is 4.98 Å². The molecule has 0 fully saturated rings. The molecule has 0 saturated carbocycles. The number of ether oxygens (including phenoxy) is 1. The van der Waals surface area contributed by atoms with Crippen LogP contribution in [0.1, 0.15) is 58.4 Å². The van der Waals surface area contributed by atoms with E-state index in [0.29, 0.717) is 36.7 Å². The van der Waals surface area contributed by atoms with Gasteiger partial charge in [0.1, 0.15) is 6.10 Å². The fourth-order valence-corrected chi connectivity index (χ4v) is 1.92. The van der Waals surface area contributed by atoms with E-state index in [1.807, 2.05) is 6.92 Å². The van der Waals surface area contributed by atoms with Crippen LogP contribution in [0.2, 0.25) is 0 Å². The monoisotopic (exact) mass is 255 g/mol. The molecule has 0 amide bonds. The lowest BCUT2D eigenvalue weighted by Gasteiger charge is -2.17. The molecule has 5 nitrogen and oxygen atoms in total. The van der Waals surface area contributed by atoms with Crippen LogP contribution in [0.5, 0.6) is 0 Å². The van der Waals surface area contributed by atoms with Gasteiger partial charge in [-0.1, -0.05) is 32.9 Å². The Morgan fingerprint density at radius 1 is 1.22 bits per heavy atom. The molecule has 0 bridgehead atoms. The Morgan fingerprint density at radius 3 is 2.33 bits per heavy atom. The van der Waals surface area contributed by atoms with Crippen molar-refractivity contribution < 1.29 is 9.26 Å². The summed E-state index contributed by atoms with van der Waals surface area (Å²) in [6.45, 7) is 11.5. The minimum Gasteiger partial charge on any atom is -0.370 e. The van der Waals surface area contributed by atoms with Crippen molar-refractivity contribution in [3.63, 3.8) is 0 Å². The SMILES string of the molecule is CCOC(c1noc(C(CN)C(C)C)n1)C(C)C. The third-order valence-corrected chi connectivity index (χ3v) is 3.04. The summed E-state index contributed by atoms with van der Waals surface area (Å²) in [5.74, 6) is 2.05. The summed E-state index contributed by atoms with van der Waals surface area (Å²) in [4.78, 5) is 4.46. The first-order valence-corrected chi connectivity index (χ1v) is 6.66. The Kier molecular flexibility index (Phi) is 5.75. The first-order valence-electron chi connectivity index (χ1n) is 6.66. The summed E-state index contributed by atoms with van der Waals surface area (Å²) in [6.07, 6.45) is -0.113. The number of rotatable bonds is 7. The molecular weight excluding hydrogens is 230 g/mol. The van der Waals surface area contributed by atoms with Gasteiger partial charge in [-0.25, -0.2) is 0 Å². The van der Waals surface area contributed by atoms with Crippen LogP contribution in [0.4, 0.5) is 0 Å². The lowest BCUT2D eigenvalue weighted by atomic mass is 9.96. The Morgan fingerprint density at radius 2 is 1.89 bits per heavy atom. The van der Waals surface area contributed by atoms with Crippen molar-refractivity contribution in [2.75, 3.05) is 13.2 Å². The maximum atomic E-state index is 5.75. The van der Waals surface area contributed by atoms with Gasteiger partial charge in [0.2, 0.25) is 11.7 Å². The maximum absolute atomic E-state index is 5.75. The molecule has 2 unspecified atom stereocenters. The van der Waals surface area contributed by atoms with Crippen LogP contribution < -0.4 is 5.73 Å². The second-order valence-corrected chi connectivity index (χ2v) is 5.20. The van der Waals surface area contributed by atoms with E-state index in [-0.39, 0.29) is 12.0 Å². The molecule has 0 aliphatic rings. The highest BCUT2D eigenvalue weighted by atomic mass is 16.5. The van der Waals surface area contributed by atoms with Crippen LogP contribution in [0, 0.1) is 11.8 Å². The van der Waals surface area contributed by atoms with Gasteiger partial charge in [-0.15, -0.1) is 0 Å². The topological polar surface area (TPSA) is 74.2 Å². The van der Waals surface area contributed by atoms with Gasteiger partial charge >= 0.3 is 0 Å². The Hall–Kier alpha value is -0.940. The number of nitrogens with two attached hydrogens (primary N) is 1. The fourth-order valence-electron chi connectivity index (χ4n) is 1.92. The molecule has 0 saturated heterocycles. The molecule has 0 spiro atoms. The van der Waals surface area contributed by atoms with Crippen LogP contribution in [0.25, 0.3) is 0 Å². The van der Waals surface area contributed by atoms with Crippen LogP contribution in [-0.4, -0.2) is 23.3 Å². The Labute approximate surface area is 109 Å². The third kappa shape index (κ3) is 3.53. The molecule has 0 aliphatic heterocycles. The first-order chi connectivity index (χ1) is 8.51. The number of aromatic nitrogens is 2. The molecule has 5 heteroatoms. The van der Waals surface area contributed by atoms with Gasteiger partial charge in [-0.05, 0) is 18.8 Å². The van der Waals surface area contributed by atoms with E-state index in [1.54, 1.807) is 0 Å². The highest BCUT2D eigenvalue weighted by molar-refractivity contribution is 4.99. The van der Waals surface area contributed by atoms with Crippen molar-refractivity contribution >= 4 is 0 Å². The molecule has 0 aliphatic carbocycles. The van der Waals surface area contributed by atoms with E-state index in [9.17, 15) is 0 Å². The smallest absolute Gasteiger partial charge is 0.231 e. The van der Waals surface area contributed by atoms with Crippen molar-refractivity contribution in [1.29, 1.82) is 0 Å². The molecule has 1 aromatic heterocycles. The zero-order valence-corrected chi connectivity index (χ0v) is 12.0. The van der Waals surface area contributed by atoms with Crippen LogP contribution in [-0.2, 0) is 4.74 Å². The number of nitrogens with zero attached hydrogens (tertiary/aromatic N) is 2. The molecular formula is C13H25N3O2. The van der Waals surface area contributed by atoms with E-state index in [1.165, 1.54) is 0 Å². The average molecular weight is 255 g/mol. The number of hydrogen-bond acceptors (Lipinski definition) is 5. The molecule has 1 heterocycles. The minimum absolute atomic E-state index is 0.112. The predicted octanol–water partition coefficient (Wildman–Crippen LogP) is 2.50. The van der Waals surface area contributed by atoms with Crippen molar-refractivity contribution in [2.24, 2.45) is 17.6 Å². The zero-order chi connectivity index (χ0) is 13.7. The van der Waals surface area contributed by atoms with Crippen LogP contribution >= 0.6 is 0 Å². The van der Waals surface area contributed by atoms with E-state index < -0.39 is 0 Å². The Balaban J connectivity index is 2.89. The molecule has 1 rings (SSSR count). The zero-order valence-electron chi connectivity index (χ0n) is 12.0. The summed E-state index contributed by atoms with van der Waals surface area (Å²) >= 11 is 0. The van der Waals surface area contributed by atoms with E-state index >= 15 is 0 Å². The van der Waals surface area contributed by atoms with Crippen molar-refractivity contribution in [1.82, 2.24) is 10.1 Å². The first kappa shape index (κ1) is 15.1. The average Bonchev–Trinajstić information content (AvgIpc) is 2.75. The number of hydrogen-bond donors (Lipinski definition) is 1. The molecule has 0 aromatic carbocycles. The second kappa shape index (κ2) is 6.85. The van der Waals surface area contributed by atoms with E-state index in [0.717, 1.165) is 0 Å². The van der Waals surface area contributed by atoms with Crippen molar-refractivity contribution in [2.45, 2.75) is 46.6 Å². The highest BCUT2D eigenvalue weighted by Crippen LogP contribution is 2.27. The maximum Gasteiger partial charge on any atom is 0.231 e. The van der Waals surface area contributed by atoms with Gasteiger partial charge in [0.15, 0.2) is 0 Å². The van der Waals surface area contributed by atoms with Crippen LogP contribution in [0.3, 0.4) is 0 Å². The summed E-state index contributed by atoms with van der Waals surface area (Å²) in [6, 6.07) is 0. The Bertz CT molecular complexity index is 350. The predicted molar refractivity (Wildman–Crippen MR) is 70.1 cm³/mol. The molecule has 2 N–H and O–H groups in total. The van der Waals surface area contributed by atoms with Crippen LogP contribution in [0.15, 0.2) is 4.52 Å². The molecule has 104 valence electrons. The van der Waals surface area contributed by atoms with Gasteiger partial charge in [0.05, 0.1) is 5.92 Å². The molecule has 1 aromatic rings. The lowest BCUT2D eigenvalue weighted by molar-refractivity contribution is 0.0217. The molecule has 0 radical (unpaired) electrons. The minimum atomic E-state index is -0.113. The molecule has 2 atom stereocenters. The summed E-state index contributed by atoms with van der Waals surface area (Å²) in [7, 11) is 0. The summed E-state index contributed by atoms with van der Waals surface area (Å²) < 4.78 is 11.0. The summed E-state index contributed by atoms with van der Waals surface area (Å²) in [5.41, 5.74) is 5.75. The van der Waals surface area contributed by atoms with E-state index in [4.69, 9.17) is 15.0 Å². The van der Waals surface area contributed by atoms with Crippen molar-refractivity contribution in [3.8, 4) is 0 Å².